The van der Waals surface area contributed by atoms with Crippen LogP contribution in [0.25, 0.3) is 0 Å². The minimum Gasteiger partial charge on any atom is -0.368 e. The van der Waals surface area contributed by atoms with Crippen molar-refractivity contribution in [3.05, 3.63) is 0 Å². The highest BCUT2D eigenvalue weighted by atomic mass is 16.1. The molecule has 2 aliphatic rings. The van der Waals surface area contributed by atoms with Gasteiger partial charge in [0, 0.05) is 12.6 Å². The number of nitrogens with one attached hydrogen (secondary N) is 1. The van der Waals surface area contributed by atoms with E-state index in [9.17, 15) is 4.79 Å². The molecule has 4 heteroatoms. The molecule has 1 atom stereocenters. The normalized spacial score (nSPS) is 26.5. The maximum Gasteiger partial charge on any atom is 0.238 e. The van der Waals surface area contributed by atoms with Gasteiger partial charge < -0.3 is 10.6 Å². The maximum absolute atomic E-state index is 11.5. The van der Waals surface area contributed by atoms with Crippen molar-refractivity contribution < 1.29 is 4.79 Å². The summed E-state index contributed by atoms with van der Waals surface area (Å²) in [5.41, 5.74) is 4.96. The molecule has 1 saturated heterocycles. The fraction of sp³-hybridized carbons (Fsp3) is 0.909. The molecule has 0 bridgehead atoms. The maximum atomic E-state index is 11.5. The number of carbonyl (C=O) groups is 1. The molecule has 1 unspecified atom stereocenters. The number of carbonyl (C=O) groups excluding carboxylic acids is 1. The lowest BCUT2D eigenvalue weighted by atomic mass is 10.0. The molecule has 4 nitrogen and oxygen atoms in total. The zero-order valence-electron chi connectivity index (χ0n) is 9.46. The van der Waals surface area contributed by atoms with Crippen LogP contribution >= 0.6 is 0 Å². The number of hydrogen-bond donors (Lipinski definition) is 2. The van der Waals surface area contributed by atoms with Crippen LogP contribution < -0.4 is 11.1 Å². The molecule has 2 fully saturated rings. The van der Waals surface area contributed by atoms with Crippen molar-refractivity contribution in [1.29, 1.82) is 0 Å². The van der Waals surface area contributed by atoms with E-state index in [1.54, 1.807) is 0 Å². The van der Waals surface area contributed by atoms with Gasteiger partial charge in [0.25, 0.3) is 0 Å². The zero-order valence-corrected chi connectivity index (χ0v) is 9.46. The molecule has 0 aromatic carbocycles. The SMILES string of the molecule is CC(CN1CCCC1)(NC1CC1)C(N)=O. The third kappa shape index (κ3) is 2.69. The van der Waals surface area contributed by atoms with Crippen molar-refractivity contribution in [3.63, 3.8) is 0 Å². The van der Waals surface area contributed by atoms with Crippen molar-refractivity contribution in [1.82, 2.24) is 10.2 Å². The van der Waals surface area contributed by atoms with Gasteiger partial charge in [-0.15, -0.1) is 0 Å². The first-order chi connectivity index (χ1) is 7.10. The van der Waals surface area contributed by atoms with Gasteiger partial charge in [-0.2, -0.15) is 0 Å². The van der Waals surface area contributed by atoms with E-state index in [0.717, 1.165) is 19.6 Å². The van der Waals surface area contributed by atoms with E-state index in [4.69, 9.17) is 5.73 Å². The van der Waals surface area contributed by atoms with E-state index in [1.807, 2.05) is 6.92 Å². The number of likely N-dealkylation sites (tertiary alicyclic amines) is 1. The van der Waals surface area contributed by atoms with Gasteiger partial charge in [0.05, 0.1) is 0 Å². The topological polar surface area (TPSA) is 58.4 Å². The van der Waals surface area contributed by atoms with Gasteiger partial charge in [0.2, 0.25) is 5.91 Å². The highest BCUT2D eigenvalue weighted by molar-refractivity contribution is 5.84. The molecule has 1 aliphatic carbocycles. The Labute approximate surface area is 91.2 Å². The fourth-order valence-electron chi connectivity index (χ4n) is 2.26. The minimum absolute atomic E-state index is 0.221. The third-order valence-electron chi connectivity index (χ3n) is 3.38. The summed E-state index contributed by atoms with van der Waals surface area (Å²) in [6.45, 7) is 4.91. The Bertz CT molecular complexity index is 246. The second-order valence-corrected chi connectivity index (χ2v) is 5.10. The van der Waals surface area contributed by atoms with Crippen LogP contribution in [-0.4, -0.2) is 42.0 Å². The first-order valence-electron chi connectivity index (χ1n) is 5.90. The Kier molecular flexibility index (Phi) is 2.98. The lowest BCUT2D eigenvalue weighted by Gasteiger charge is -2.32. The molecule has 0 aromatic rings. The van der Waals surface area contributed by atoms with Crippen LogP contribution in [0.5, 0.6) is 0 Å². The summed E-state index contributed by atoms with van der Waals surface area (Å²) in [5, 5.41) is 3.38. The van der Waals surface area contributed by atoms with E-state index < -0.39 is 5.54 Å². The van der Waals surface area contributed by atoms with E-state index in [0.29, 0.717) is 6.04 Å². The van der Waals surface area contributed by atoms with Gasteiger partial charge in [-0.3, -0.25) is 10.1 Å². The molecular weight excluding hydrogens is 190 g/mol. The first-order valence-corrected chi connectivity index (χ1v) is 5.90. The van der Waals surface area contributed by atoms with Crippen LogP contribution in [-0.2, 0) is 4.79 Å². The second kappa shape index (κ2) is 4.10. The average Bonchev–Trinajstić information content (AvgIpc) is 2.80. The van der Waals surface area contributed by atoms with Crippen molar-refractivity contribution in [2.75, 3.05) is 19.6 Å². The molecule has 3 N–H and O–H groups in total. The second-order valence-electron chi connectivity index (χ2n) is 5.10. The van der Waals surface area contributed by atoms with Crippen LogP contribution in [0.1, 0.15) is 32.6 Å². The fourth-order valence-corrected chi connectivity index (χ4v) is 2.26. The molecule has 0 radical (unpaired) electrons. The molecule has 0 spiro atoms. The smallest absolute Gasteiger partial charge is 0.238 e. The standard InChI is InChI=1S/C11H21N3O/c1-11(10(12)15,13-9-4-5-9)8-14-6-2-3-7-14/h9,13H,2-8H2,1H3,(H2,12,15). The number of primary amides is 1. The van der Waals surface area contributed by atoms with Crippen LogP contribution in [0.3, 0.4) is 0 Å². The number of amides is 1. The largest absolute Gasteiger partial charge is 0.368 e. The molecule has 86 valence electrons. The van der Waals surface area contributed by atoms with Gasteiger partial charge in [-0.05, 0) is 45.7 Å². The first kappa shape index (κ1) is 10.9. The number of rotatable bonds is 5. The summed E-state index contributed by atoms with van der Waals surface area (Å²) >= 11 is 0. The molecule has 1 amide bonds. The predicted octanol–water partition coefficient (Wildman–Crippen LogP) is 0.0782. The Morgan fingerprint density at radius 1 is 1.47 bits per heavy atom. The molecule has 2 rings (SSSR count). The highest BCUT2D eigenvalue weighted by Gasteiger charge is 2.38. The minimum atomic E-state index is -0.536. The number of nitrogens with two attached hydrogens (primary N) is 1. The Morgan fingerprint density at radius 3 is 2.53 bits per heavy atom. The van der Waals surface area contributed by atoms with E-state index in [-0.39, 0.29) is 5.91 Å². The van der Waals surface area contributed by atoms with Crippen molar-refractivity contribution in [2.24, 2.45) is 5.73 Å². The van der Waals surface area contributed by atoms with Crippen LogP contribution in [0.4, 0.5) is 0 Å². The summed E-state index contributed by atoms with van der Waals surface area (Å²) in [4.78, 5) is 13.8. The van der Waals surface area contributed by atoms with Crippen LogP contribution in [0.2, 0.25) is 0 Å². The molecule has 0 aromatic heterocycles. The van der Waals surface area contributed by atoms with E-state index in [2.05, 4.69) is 10.2 Å². The molecule has 15 heavy (non-hydrogen) atoms. The van der Waals surface area contributed by atoms with Gasteiger partial charge in [-0.25, -0.2) is 0 Å². The summed E-state index contributed by atoms with van der Waals surface area (Å²) < 4.78 is 0. The Morgan fingerprint density at radius 2 is 2.07 bits per heavy atom. The van der Waals surface area contributed by atoms with Gasteiger partial charge in [-0.1, -0.05) is 0 Å². The molecule has 1 heterocycles. The average molecular weight is 211 g/mol. The summed E-state index contributed by atoms with van der Waals surface area (Å²) in [7, 11) is 0. The van der Waals surface area contributed by atoms with E-state index >= 15 is 0 Å². The summed E-state index contributed by atoms with van der Waals surface area (Å²) in [5.74, 6) is -0.221. The number of hydrogen-bond acceptors (Lipinski definition) is 3. The van der Waals surface area contributed by atoms with Gasteiger partial charge in [0.1, 0.15) is 5.54 Å². The van der Waals surface area contributed by atoms with E-state index in [1.165, 1.54) is 25.7 Å². The number of nitrogens with zero attached hydrogens (tertiary/aromatic N) is 1. The quantitative estimate of drug-likeness (QED) is 0.677. The predicted molar refractivity (Wildman–Crippen MR) is 59.4 cm³/mol. The van der Waals surface area contributed by atoms with Crippen molar-refractivity contribution in [2.45, 2.75) is 44.2 Å². The monoisotopic (exact) mass is 211 g/mol. The van der Waals surface area contributed by atoms with Crippen LogP contribution in [0, 0.1) is 0 Å². The van der Waals surface area contributed by atoms with Crippen LogP contribution in [0.15, 0.2) is 0 Å². The highest BCUT2D eigenvalue weighted by Crippen LogP contribution is 2.23. The molecule has 1 saturated carbocycles. The summed E-state index contributed by atoms with van der Waals surface area (Å²) in [6, 6.07) is 0.519. The summed E-state index contributed by atoms with van der Waals surface area (Å²) in [6.07, 6.45) is 4.86. The molecule has 1 aliphatic heterocycles. The third-order valence-corrected chi connectivity index (χ3v) is 3.38. The lowest BCUT2D eigenvalue weighted by molar-refractivity contribution is -0.124. The van der Waals surface area contributed by atoms with Gasteiger partial charge >= 0.3 is 0 Å². The Hall–Kier alpha value is -0.610. The lowest BCUT2D eigenvalue weighted by Crippen LogP contribution is -2.59. The zero-order chi connectivity index (χ0) is 10.9. The molecular formula is C11H21N3O. The van der Waals surface area contributed by atoms with Crippen molar-refractivity contribution in [3.8, 4) is 0 Å². The van der Waals surface area contributed by atoms with Gasteiger partial charge in [0.15, 0.2) is 0 Å². The Balaban J connectivity index is 1.93. The van der Waals surface area contributed by atoms with Crippen molar-refractivity contribution >= 4 is 5.91 Å².